The molecule has 15 heteroatoms. The average Bonchev–Trinajstić information content (AvgIpc) is 4.18. The van der Waals surface area contributed by atoms with Crippen molar-refractivity contribution in [3.8, 4) is 17.2 Å². The zero-order valence-electron chi connectivity index (χ0n) is 37.9. The summed E-state index contributed by atoms with van der Waals surface area (Å²) < 4.78 is 25.5. The van der Waals surface area contributed by atoms with Crippen LogP contribution >= 0.6 is 0 Å². The number of phenols is 1. The first-order valence-electron chi connectivity index (χ1n) is 23.6. The van der Waals surface area contributed by atoms with E-state index < -0.39 is 54.4 Å². The second-order valence-corrected chi connectivity index (χ2v) is 19.0. The Balaban J connectivity index is 1.11. The molecule has 0 spiro atoms. The van der Waals surface area contributed by atoms with Gasteiger partial charge < -0.3 is 65.0 Å². The van der Waals surface area contributed by atoms with Gasteiger partial charge in [-0.15, -0.1) is 0 Å². The van der Waals surface area contributed by atoms with Crippen molar-refractivity contribution < 1.29 is 54.1 Å². The number of nitrogens with one attached hydrogen (secondary N) is 3. The second-order valence-electron chi connectivity index (χ2n) is 19.0. The van der Waals surface area contributed by atoms with E-state index in [1.54, 1.807) is 24.3 Å². The molecular weight excluding hydrogens is 857 g/mol. The third kappa shape index (κ3) is 8.18. The van der Waals surface area contributed by atoms with Crippen molar-refractivity contribution in [3.63, 3.8) is 0 Å². The molecule has 3 aliphatic heterocycles. The number of aromatic amines is 1. The molecule has 67 heavy (non-hydrogen) atoms. The van der Waals surface area contributed by atoms with E-state index in [-0.39, 0.29) is 53.8 Å². The van der Waals surface area contributed by atoms with Crippen molar-refractivity contribution in [1.29, 1.82) is 0 Å². The van der Waals surface area contributed by atoms with Crippen molar-refractivity contribution in [2.75, 3.05) is 33.9 Å². The van der Waals surface area contributed by atoms with Crippen LogP contribution < -0.4 is 20.1 Å². The lowest BCUT2D eigenvalue weighted by atomic mass is 9.86. The Morgan fingerprint density at radius 3 is 2.57 bits per heavy atom. The maximum atomic E-state index is 14.9. The molecule has 0 unspecified atom stereocenters. The van der Waals surface area contributed by atoms with Gasteiger partial charge in [0.2, 0.25) is 6.29 Å². The molecule has 5 aromatic rings. The summed E-state index contributed by atoms with van der Waals surface area (Å²) in [6.07, 6.45) is 6.09. The highest BCUT2D eigenvalue weighted by Crippen LogP contribution is 2.50. The number of aliphatic hydroxyl groups is 4. The highest BCUT2D eigenvalue weighted by molar-refractivity contribution is 6.11. The lowest BCUT2D eigenvalue weighted by Gasteiger charge is -2.47. The minimum atomic E-state index is -2.56. The van der Waals surface area contributed by atoms with Crippen molar-refractivity contribution in [1.82, 2.24) is 20.5 Å². The first kappa shape index (κ1) is 45.4. The predicted molar refractivity (Wildman–Crippen MR) is 250 cm³/mol. The van der Waals surface area contributed by atoms with Crippen LogP contribution in [-0.2, 0) is 29.1 Å². The van der Waals surface area contributed by atoms with Gasteiger partial charge in [0, 0.05) is 53.9 Å². The van der Waals surface area contributed by atoms with Crippen LogP contribution in [0, 0.1) is 0 Å². The molecule has 8 N–H and O–H groups in total. The molecule has 5 aliphatic rings. The smallest absolute Gasteiger partial charge is 0.254 e. The van der Waals surface area contributed by atoms with Gasteiger partial charge in [0.15, 0.2) is 11.4 Å². The highest BCUT2D eigenvalue weighted by Gasteiger charge is 2.57. The number of hydrogen-bond acceptors (Lipinski definition) is 13. The number of amides is 1. The average molecular weight is 917 g/mol. The standard InChI is InChI=1S/C52H60N4O11/c1-53-22-30-10-7-13-33-38(30)24-56(50(33)62)25-40(58)45-35(29-8-3-4-9-29)19-31-20-42(64-2)34-15-17-41(37-23-55-39-16-14-28(18-36(37)39)21-54-32-11-5-6-12-32)65-26-43-46(59)49(61)52(63,27-57)51(66-43)67-48(34)44(31)47(45)60/h7,10,13-20,23,29,32,41,43,46,49,51,53-55,57,59-61,63H,3-6,8-9,11-12,21-22,24-27H2,1-2H3/b17-15+/t41-,43-,46-,49+,51-,52-/m1/s1. The van der Waals surface area contributed by atoms with Crippen molar-refractivity contribution in [3.05, 3.63) is 105 Å². The van der Waals surface area contributed by atoms with E-state index in [0.717, 1.165) is 71.7 Å². The number of H-pyrrole nitrogens is 1. The minimum absolute atomic E-state index is 0.0568. The van der Waals surface area contributed by atoms with E-state index in [0.29, 0.717) is 41.4 Å². The van der Waals surface area contributed by atoms with Crippen molar-refractivity contribution in [2.45, 2.75) is 119 Å². The van der Waals surface area contributed by atoms with Gasteiger partial charge in [0.25, 0.3) is 5.91 Å². The van der Waals surface area contributed by atoms with Gasteiger partial charge in [-0.05, 0) is 103 Å². The molecule has 6 atom stereocenters. The zero-order valence-corrected chi connectivity index (χ0v) is 37.9. The normalized spacial score (nSPS) is 26.1. The van der Waals surface area contributed by atoms with Crippen LogP contribution in [0.25, 0.3) is 27.8 Å². The SMILES string of the molecule is CNCc1cccc2c1CN(CC(=O)c1c(C3CCCC3)cc3cc(OC)c4c(c3c1O)O[C@H]1O[C@H](CO[C@@H](c3c[nH]c5ccc(CNC6CCCC6)cc35)/C=C/4)[C@@H](O)[C@H](O)[C@]1(O)CO)C2=O. The lowest BCUT2D eigenvalue weighted by molar-refractivity contribution is -0.329. The van der Waals surface area contributed by atoms with Crippen LogP contribution in [0.2, 0.25) is 0 Å². The van der Waals surface area contributed by atoms with Crippen LogP contribution in [0.3, 0.4) is 0 Å². The number of ketones is 1. The van der Waals surface area contributed by atoms with E-state index in [1.165, 1.54) is 24.9 Å². The lowest BCUT2D eigenvalue weighted by Crippen LogP contribution is -2.69. The van der Waals surface area contributed by atoms with Crippen molar-refractivity contribution >= 4 is 39.4 Å². The predicted octanol–water partition coefficient (Wildman–Crippen LogP) is 5.62. The topological polar surface area (TPSA) is 215 Å². The number of nitrogens with zero attached hydrogens (tertiary/aromatic N) is 1. The molecule has 0 radical (unpaired) electrons. The monoisotopic (exact) mass is 916 g/mol. The summed E-state index contributed by atoms with van der Waals surface area (Å²) in [6, 6.07) is 15.9. The molecule has 2 bridgehead atoms. The van der Waals surface area contributed by atoms with E-state index in [4.69, 9.17) is 18.9 Å². The maximum Gasteiger partial charge on any atom is 0.254 e. The fourth-order valence-corrected chi connectivity index (χ4v) is 11.1. The van der Waals surface area contributed by atoms with Crippen molar-refractivity contribution in [2.24, 2.45) is 0 Å². The van der Waals surface area contributed by atoms with Crippen LogP contribution in [0.1, 0.15) is 117 Å². The summed E-state index contributed by atoms with van der Waals surface area (Å²) in [4.78, 5) is 33.6. The molecule has 1 aromatic heterocycles. The van der Waals surface area contributed by atoms with Gasteiger partial charge in [-0.3, -0.25) is 9.59 Å². The Labute approximate surface area is 388 Å². The Bertz CT molecular complexity index is 2720. The number of aromatic nitrogens is 1. The number of Topliss-reactive ketones (excluding diaryl/α,β-unsaturated/α-hetero) is 1. The van der Waals surface area contributed by atoms with Gasteiger partial charge in [-0.25, -0.2) is 0 Å². The zero-order chi connectivity index (χ0) is 46.6. The number of hydrogen-bond donors (Lipinski definition) is 8. The number of benzene rings is 4. The fourth-order valence-electron chi connectivity index (χ4n) is 11.1. The second kappa shape index (κ2) is 18.6. The molecule has 354 valence electrons. The Morgan fingerprint density at radius 2 is 1.81 bits per heavy atom. The fraction of sp³-hybridized carbons (Fsp3) is 0.462. The van der Waals surface area contributed by atoms with Gasteiger partial charge >= 0.3 is 0 Å². The molecule has 4 heterocycles. The molecule has 2 saturated carbocycles. The molecular formula is C52H60N4O11. The largest absolute Gasteiger partial charge is 0.506 e. The number of methoxy groups -OCH3 is 1. The van der Waals surface area contributed by atoms with E-state index in [1.807, 2.05) is 37.5 Å². The van der Waals surface area contributed by atoms with E-state index in [2.05, 4.69) is 27.8 Å². The molecule has 15 nitrogen and oxygen atoms in total. The number of fused-ring (bicyclic) bond motifs is 7. The first-order chi connectivity index (χ1) is 32.5. The third-order valence-corrected chi connectivity index (χ3v) is 14.8. The number of carbonyl (C=O) groups excluding carboxylic acids is 2. The highest BCUT2D eigenvalue weighted by atomic mass is 16.7. The summed E-state index contributed by atoms with van der Waals surface area (Å²) >= 11 is 0. The minimum Gasteiger partial charge on any atom is -0.506 e. The number of aliphatic hydroxyl groups excluding tert-OH is 3. The quantitative estimate of drug-likeness (QED) is 0.0715. The number of carbonyl (C=O) groups is 2. The summed E-state index contributed by atoms with van der Waals surface area (Å²) in [6.45, 7) is -0.142. The Kier molecular flexibility index (Phi) is 12.6. The van der Waals surface area contributed by atoms with Gasteiger partial charge in [-0.2, -0.15) is 0 Å². The number of rotatable bonds is 12. The molecule has 10 rings (SSSR count). The van der Waals surface area contributed by atoms with Crippen LogP contribution in [0.15, 0.2) is 60.8 Å². The Hall–Kier alpha value is -5.36. The maximum absolute atomic E-state index is 14.9. The number of phenolic OH excluding ortho intramolecular Hbond substituents is 1. The third-order valence-electron chi connectivity index (χ3n) is 14.8. The summed E-state index contributed by atoms with van der Waals surface area (Å²) in [5, 5.41) is 66.5. The summed E-state index contributed by atoms with van der Waals surface area (Å²) in [7, 11) is 3.33. The molecule has 1 amide bonds. The first-order valence-corrected chi connectivity index (χ1v) is 23.6. The molecule has 2 aliphatic carbocycles. The van der Waals surface area contributed by atoms with Gasteiger partial charge in [0.1, 0.15) is 41.7 Å². The van der Waals surface area contributed by atoms with E-state index in [9.17, 15) is 35.1 Å². The number of aromatic hydroxyl groups is 1. The molecule has 3 fully saturated rings. The molecule has 4 aromatic carbocycles. The summed E-state index contributed by atoms with van der Waals surface area (Å²) in [5.74, 6) is -0.943. The van der Waals surface area contributed by atoms with Crippen LogP contribution in [-0.4, -0.2) is 117 Å². The van der Waals surface area contributed by atoms with Gasteiger partial charge in [-0.1, -0.05) is 50.0 Å². The van der Waals surface area contributed by atoms with E-state index >= 15 is 0 Å². The van der Waals surface area contributed by atoms with Crippen LogP contribution in [0.5, 0.6) is 17.2 Å². The molecule has 1 saturated heterocycles. The summed E-state index contributed by atoms with van der Waals surface area (Å²) in [5.41, 5.74) is 3.53. The number of ether oxygens (including phenoxy) is 4. The van der Waals surface area contributed by atoms with Crippen LogP contribution in [0.4, 0.5) is 0 Å². The van der Waals surface area contributed by atoms with Gasteiger partial charge in [0.05, 0.1) is 43.4 Å². The Morgan fingerprint density at radius 1 is 1.01 bits per heavy atom.